The molecule has 0 bridgehead atoms. The molecule has 25 heavy (non-hydrogen) atoms. The van der Waals surface area contributed by atoms with Gasteiger partial charge >= 0.3 is 0 Å². The molecule has 3 aromatic rings. The van der Waals surface area contributed by atoms with Crippen molar-refractivity contribution in [3.63, 3.8) is 0 Å². The second-order valence-electron chi connectivity index (χ2n) is 4.98. The number of halogens is 1. The first-order chi connectivity index (χ1) is 12.1. The van der Waals surface area contributed by atoms with Gasteiger partial charge in [-0.2, -0.15) is 0 Å². The van der Waals surface area contributed by atoms with Crippen molar-refractivity contribution in [3.8, 4) is 11.5 Å². The van der Waals surface area contributed by atoms with Crippen LogP contribution in [0.1, 0.15) is 0 Å². The Bertz CT molecular complexity index is 869. The quantitative estimate of drug-likeness (QED) is 0.665. The Hall–Kier alpha value is -2.58. The fraction of sp³-hybridized carbons (Fsp3) is 0.125. The van der Waals surface area contributed by atoms with Gasteiger partial charge in [0.25, 0.3) is 0 Å². The second-order valence-corrected chi connectivity index (χ2v) is 6.33. The number of benzene rings is 2. The monoisotopic (exact) mass is 375 g/mol. The first-order valence-electron chi connectivity index (χ1n) is 7.29. The fourth-order valence-electron chi connectivity index (χ4n) is 1.93. The van der Waals surface area contributed by atoms with Crippen molar-refractivity contribution in [1.29, 1.82) is 0 Å². The third-order valence-electron chi connectivity index (χ3n) is 3.12. The van der Waals surface area contributed by atoms with E-state index in [1.165, 1.54) is 16.4 Å². The van der Waals surface area contributed by atoms with Gasteiger partial charge in [-0.1, -0.05) is 35.5 Å². The molecule has 1 N–H and O–H groups in total. The van der Waals surface area contributed by atoms with Crippen molar-refractivity contribution in [2.75, 3.05) is 11.1 Å². The number of nitrogens with one attached hydrogen (secondary N) is 1. The fourth-order valence-corrected chi connectivity index (χ4v) is 2.76. The van der Waals surface area contributed by atoms with Crippen molar-refractivity contribution >= 4 is 35.0 Å². The zero-order valence-electron chi connectivity index (χ0n) is 13.2. The lowest BCUT2D eigenvalue weighted by molar-refractivity contribution is -0.113. The Morgan fingerprint density at radius 2 is 2.00 bits per heavy atom. The Labute approximate surface area is 153 Å². The van der Waals surface area contributed by atoms with Gasteiger partial charge in [-0.15, -0.1) is 5.10 Å². The Balaban J connectivity index is 1.54. The number of amides is 1. The van der Waals surface area contributed by atoms with Crippen LogP contribution >= 0.6 is 23.4 Å². The normalized spacial score (nSPS) is 10.5. The van der Waals surface area contributed by atoms with Crippen molar-refractivity contribution in [3.05, 3.63) is 53.6 Å². The highest BCUT2D eigenvalue weighted by Crippen LogP contribution is 2.29. The number of nitrogens with zero attached hydrogens (tertiary/aromatic N) is 4. The van der Waals surface area contributed by atoms with Crippen LogP contribution in [0.15, 0.2) is 53.7 Å². The summed E-state index contributed by atoms with van der Waals surface area (Å²) in [7, 11) is 1.72. The van der Waals surface area contributed by atoms with Gasteiger partial charge in [0.1, 0.15) is 11.5 Å². The van der Waals surface area contributed by atoms with Crippen molar-refractivity contribution in [2.45, 2.75) is 5.16 Å². The molecule has 9 heteroatoms. The van der Waals surface area contributed by atoms with Crippen LogP contribution in [0.3, 0.4) is 0 Å². The van der Waals surface area contributed by atoms with E-state index in [2.05, 4.69) is 20.8 Å². The number of aryl methyl sites for hydroxylation is 1. The molecule has 7 nitrogen and oxygen atoms in total. The van der Waals surface area contributed by atoms with Crippen LogP contribution < -0.4 is 10.1 Å². The number of tetrazole rings is 1. The molecule has 0 aliphatic carbocycles. The summed E-state index contributed by atoms with van der Waals surface area (Å²) < 4.78 is 7.22. The van der Waals surface area contributed by atoms with E-state index < -0.39 is 0 Å². The van der Waals surface area contributed by atoms with E-state index in [-0.39, 0.29) is 11.7 Å². The molecule has 0 unspecified atom stereocenters. The molecule has 0 aliphatic heterocycles. The first kappa shape index (κ1) is 17.2. The molecule has 0 radical (unpaired) electrons. The number of carbonyl (C=O) groups is 1. The largest absolute Gasteiger partial charge is 0.456 e. The standard InChI is InChI=1S/C16H14ClN5O2S/c1-22-16(19-20-21-22)25-10-15(23)18-11-6-8-12(9-7-11)24-14-5-3-2-4-13(14)17/h2-9H,10H2,1H3,(H,18,23). The minimum Gasteiger partial charge on any atom is -0.456 e. The van der Waals surface area contributed by atoms with Gasteiger partial charge in [0.15, 0.2) is 0 Å². The number of thioether (sulfide) groups is 1. The molecule has 0 fully saturated rings. The molecule has 0 saturated carbocycles. The predicted octanol–water partition coefficient (Wildman–Crippen LogP) is 3.39. The predicted molar refractivity (Wildman–Crippen MR) is 96.1 cm³/mol. The zero-order chi connectivity index (χ0) is 17.6. The number of aromatic nitrogens is 4. The van der Waals surface area contributed by atoms with Crippen LogP contribution in [0.4, 0.5) is 5.69 Å². The van der Waals surface area contributed by atoms with Crippen LogP contribution in [0, 0.1) is 0 Å². The van der Waals surface area contributed by atoms with Crippen molar-refractivity contribution < 1.29 is 9.53 Å². The summed E-state index contributed by atoms with van der Waals surface area (Å²) in [5, 5.41) is 15.0. The van der Waals surface area contributed by atoms with Crippen molar-refractivity contribution in [2.24, 2.45) is 7.05 Å². The summed E-state index contributed by atoms with van der Waals surface area (Å²) in [5.74, 6) is 1.28. The van der Waals surface area contributed by atoms with E-state index in [4.69, 9.17) is 16.3 Å². The third kappa shape index (κ3) is 4.71. The maximum atomic E-state index is 12.0. The highest BCUT2D eigenvalue weighted by Gasteiger charge is 2.08. The molecular formula is C16H14ClN5O2S. The molecule has 0 aliphatic rings. The third-order valence-corrected chi connectivity index (χ3v) is 4.44. The summed E-state index contributed by atoms with van der Waals surface area (Å²) in [6.07, 6.45) is 0. The molecule has 1 heterocycles. The van der Waals surface area contributed by atoms with Gasteiger partial charge in [-0.25, -0.2) is 4.68 Å². The smallest absolute Gasteiger partial charge is 0.234 e. The van der Waals surface area contributed by atoms with Crippen LogP contribution in [-0.4, -0.2) is 31.9 Å². The molecule has 1 amide bonds. The summed E-state index contributed by atoms with van der Waals surface area (Å²) in [6.45, 7) is 0. The second kappa shape index (κ2) is 8.00. The minimum atomic E-state index is -0.146. The molecule has 2 aromatic carbocycles. The van der Waals surface area contributed by atoms with Gasteiger partial charge < -0.3 is 10.1 Å². The maximum absolute atomic E-state index is 12.0. The summed E-state index contributed by atoms with van der Waals surface area (Å²) in [5.41, 5.74) is 0.674. The van der Waals surface area contributed by atoms with E-state index in [9.17, 15) is 4.79 Å². The van der Waals surface area contributed by atoms with Crippen molar-refractivity contribution in [1.82, 2.24) is 20.2 Å². The van der Waals surface area contributed by atoms with Gasteiger partial charge in [-0.05, 0) is 46.8 Å². The SMILES string of the molecule is Cn1nnnc1SCC(=O)Nc1ccc(Oc2ccccc2Cl)cc1. The maximum Gasteiger partial charge on any atom is 0.234 e. The van der Waals surface area contributed by atoms with Crippen LogP contribution in [0.5, 0.6) is 11.5 Å². The average Bonchev–Trinajstić information content (AvgIpc) is 3.02. The van der Waals surface area contributed by atoms with Gasteiger partial charge in [0.05, 0.1) is 10.8 Å². The Kier molecular flexibility index (Phi) is 5.52. The van der Waals surface area contributed by atoms with Gasteiger partial charge in [0.2, 0.25) is 11.1 Å². The Morgan fingerprint density at radius 3 is 2.68 bits per heavy atom. The molecule has 0 atom stereocenters. The highest BCUT2D eigenvalue weighted by atomic mass is 35.5. The molecular weight excluding hydrogens is 362 g/mol. The number of hydrogen-bond donors (Lipinski definition) is 1. The molecule has 0 saturated heterocycles. The minimum absolute atomic E-state index is 0.146. The van der Waals surface area contributed by atoms with E-state index in [0.717, 1.165) is 0 Å². The summed E-state index contributed by atoms with van der Waals surface area (Å²) in [6, 6.07) is 14.3. The Morgan fingerprint density at radius 1 is 1.24 bits per heavy atom. The zero-order valence-corrected chi connectivity index (χ0v) is 14.8. The topological polar surface area (TPSA) is 81.9 Å². The highest BCUT2D eigenvalue weighted by molar-refractivity contribution is 7.99. The van der Waals surface area contributed by atoms with Crippen LogP contribution in [-0.2, 0) is 11.8 Å². The lowest BCUT2D eigenvalue weighted by atomic mass is 10.3. The average molecular weight is 376 g/mol. The molecule has 1 aromatic heterocycles. The number of rotatable bonds is 6. The number of para-hydroxylation sites is 1. The number of anilines is 1. The van der Waals surface area contributed by atoms with E-state index in [1.54, 1.807) is 43.4 Å². The molecule has 128 valence electrons. The van der Waals surface area contributed by atoms with Crippen LogP contribution in [0.25, 0.3) is 0 Å². The summed E-state index contributed by atoms with van der Waals surface area (Å²) in [4.78, 5) is 12.0. The van der Waals surface area contributed by atoms with E-state index in [0.29, 0.717) is 27.4 Å². The lowest BCUT2D eigenvalue weighted by Crippen LogP contribution is -2.14. The number of ether oxygens (including phenoxy) is 1. The summed E-state index contributed by atoms with van der Waals surface area (Å²) >= 11 is 7.33. The molecule has 3 rings (SSSR count). The first-order valence-corrected chi connectivity index (χ1v) is 8.65. The van der Waals surface area contributed by atoms with Crippen LogP contribution in [0.2, 0.25) is 5.02 Å². The van der Waals surface area contributed by atoms with Gasteiger partial charge in [-0.3, -0.25) is 4.79 Å². The van der Waals surface area contributed by atoms with E-state index >= 15 is 0 Å². The molecule has 0 spiro atoms. The number of carbonyl (C=O) groups excluding carboxylic acids is 1. The lowest BCUT2D eigenvalue weighted by Gasteiger charge is -2.09. The van der Waals surface area contributed by atoms with E-state index in [1.807, 2.05) is 12.1 Å². The van der Waals surface area contributed by atoms with Gasteiger partial charge in [0, 0.05) is 12.7 Å². The number of hydrogen-bond acceptors (Lipinski definition) is 6.